The largest absolute Gasteiger partial charge is 0.379 e. The fourth-order valence-corrected chi connectivity index (χ4v) is 4.33. The average Bonchev–Trinajstić information content (AvgIpc) is 2.91. The first-order valence-electron chi connectivity index (χ1n) is 9.40. The van der Waals surface area contributed by atoms with Gasteiger partial charge in [0.05, 0.1) is 19.8 Å². The molecule has 6 heteroatoms. The molecular weight excluding hydrogens is 331 g/mol. The molecule has 0 bridgehead atoms. The maximum absolute atomic E-state index is 13.7. The number of piperidine rings is 1. The molecule has 1 aromatic heterocycles. The molecule has 4 rings (SSSR count). The summed E-state index contributed by atoms with van der Waals surface area (Å²) in [6.07, 6.45) is 6.16. The number of aryl methyl sites for hydroxylation is 1. The highest BCUT2D eigenvalue weighted by Crippen LogP contribution is 2.35. The van der Waals surface area contributed by atoms with E-state index in [4.69, 9.17) is 4.74 Å². The number of aromatic nitrogens is 2. The van der Waals surface area contributed by atoms with E-state index in [1.165, 1.54) is 6.07 Å². The van der Waals surface area contributed by atoms with Crippen LogP contribution in [0, 0.1) is 11.2 Å². The molecular formula is C20H27FN4O. The molecule has 1 aromatic carbocycles. The van der Waals surface area contributed by atoms with Crippen molar-refractivity contribution in [3.63, 3.8) is 0 Å². The molecule has 5 nitrogen and oxygen atoms in total. The van der Waals surface area contributed by atoms with Crippen molar-refractivity contribution in [2.45, 2.75) is 19.4 Å². The predicted molar refractivity (Wildman–Crippen MR) is 99.6 cm³/mol. The molecule has 0 radical (unpaired) electrons. The number of benzene rings is 1. The highest BCUT2D eigenvalue weighted by Gasteiger charge is 2.39. The van der Waals surface area contributed by atoms with E-state index in [1.54, 1.807) is 12.1 Å². The Labute approximate surface area is 154 Å². The third-order valence-electron chi connectivity index (χ3n) is 5.64. The number of ether oxygens (including phenoxy) is 1. The minimum Gasteiger partial charge on any atom is -0.379 e. The molecule has 2 fully saturated rings. The summed E-state index contributed by atoms with van der Waals surface area (Å²) >= 11 is 0. The minimum atomic E-state index is -0.179. The summed E-state index contributed by atoms with van der Waals surface area (Å²) in [5.74, 6) is 0.917. The van der Waals surface area contributed by atoms with Crippen LogP contribution in [0.25, 0.3) is 0 Å². The number of imidazole rings is 1. The SMILES string of the molecule is Cn1ccnc1CN1CCCC2(COCCN(c3cccc(F)c3)C2)C1. The lowest BCUT2D eigenvalue weighted by Crippen LogP contribution is -2.50. The summed E-state index contributed by atoms with van der Waals surface area (Å²) < 4.78 is 21.8. The van der Waals surface area contributed by atoms with Crippen LogP contribution in [-0.4, -0.2) is 53.8 Å². The van der Waals surface area contributed by atoms with Gasteiger partial charge in [-0.25, -0.2) is 9.37 Å². The zero-order valence-electron chi connectivity index (χ0n) is 15.4. The molecule has 2 aromatic rings. The van der Waals surface area contributed by atoms with Gasteiger partial charge in [0.2, 0.25) is 0 Å². The first-order chi connectivity index (χ1) is 12.6. The van der Waals surface area contributed by atoms with Crippen LogP contribution in [0.1, 0.15) is 18.7 Å². The van der Waals surface area contributed by atoms with E-state index < -0.39 is 0 Å². The van der Waals surface area contributed by atoms with Crippen molar-refractivity contribution in [1.29, 1.82) is 0 Å². The first-order valence-corrected chi connectivity index (χ1v) is 9.40. The Hall–Kier alpha value is -1.92. The second-order valence-electron chi connectivity index (χ2n) is 7.72. The number of likely N-dealkylation sites (tertiary alicyclic amines) is 1. The average molecular weight is 358 g/mol. The van der Waals surface area contributed by atoms with Crippen molar-refractivity contribution in [3.8, 4) is 0 Å². The second-order valence-corrected chi connectivity index (χ2v) is 7.72. The molecule has 0 saturated carbocycles. The van der Waals surface area contributed by atoms with E-state index in [0.717, 1.165) is 63.7 Å². The maximum Gasteiger partial charge on any atom is 0.125 e. The zero-order chi connectivity index (χ0) is 18.0. The highest BCUT2D eigenvalue weighted by atomic mass is 19.1. The van der Waals surface area contributed by atoms with E-state index in [0.29, 0.717) is 6.61 Å². The molecule has 1 unspecified atom stereocenters. The van der Waals surface area contributed by atoms with Crippen molar-refractivity contribution in [2.24, 2.45) is 12.5 Å². The molecule has 3 heterocycles. The predicted octanol–water partition coefficient (Wildman–Crippen LogP) is 2.68. The number of nitrogens with zero attached hydrogens (tertiary/aromatic N) is 4. The van der Waals surface area contributed by atoms with Gasteiger partial charge in [-0.3, -0.25) is 4.90 Å². The molecule has 0 N–H and O–H groups in total. The number of hydrogen-bond donors (Lipinski definition) is 0. The summed E-state index contributed by atoms with van der Waals surface area (Å²) in [7, 11) is 2.04. The number of halogens is 1. The Morgan fingerprint density at radius 1 is 1.27 bits per heavy atom. The van der Waals surface area contributed by atoms with Crippen molar-refractivity contribution >= 4 is 5.69 Å². The van der Waals surface area contributed by atoms with Crippen molar-refractivity contribution in [1.82, 2.24) is 14.5 Å². The fraction of sp³-hybridized carbons (Fsp3) is 0.550. The van der Waals surface area contributed by atoms with Gasteiger partial charge in [0, 0.05) is 50.2 Å². The first kappa shape index (κ1) is 17.5. The van der Waals surface area contributed by atoms with Crippen LogP contribution in [0.3, 0.4) is 0 Å². The molecule has 140 valence electrons. The van der Waals surface area contributed by atoms with Crippen LogP contribution < -0.4 is 4.90 Å². The van der Waals surface area contributed by atoms with Gasteiger partial charge in [0.15, 0.2) is 0 Å². The fourth-order valence-electron chi connectivity index (χ4n) is 4.33. The smallest absolute Gasteiger partial charge is 0.125 e. The second kappa shape index (κ2) is 7.37. The molecule has 1 spiro atoms. The van der Waals surface area contributed by atoms with Crippen LogP contribution in [-0.2, 0) is 18.3 Å². The van der Waals surface area contributed by atoms with Crippen LogP contribution in [0.4, 0.5) is 10.1 Å². The third kappa shape index (κ3) is 3.76. The van der Waals surface area contributed by atoms with E-state index >= 15 is 0 Å². The number of hydrogen-bond acceptors (Lipinski definition) is 4. The highest BCUT2D eigenvalue weighted by molar-refractivity contribution is 5.47. The Bertz CT molecular complexity index is 749. The van der Waals surface area contributed by atoms with Crippen LogP contribution in [0.5, 0.6) is 0 Å². The van der Waals surface area contributed by atoms with E-state index in [-0.39, 0.29) is 11.2 Å². The standard InChI is InChI=1S/C20H27FN4O/c1-23-9-7-22-19(23)13-24-8-3-6-20(14-24)15-25(10-11-26-16-20)18-5-2-4-17(21)12-18/h2,4-5,7,9,12H,3,6,8,10-11,13-16H2,1H3. The number of anilines is 1. The lowest BCUT2D eigenvalue weighted by Gasteiger charge is -2.44. The third-order valence-corrected chi connectivity index (χ3v) is 5.64. The van der Waals surface area contributed by atoms with E-state index in [1.807, 2.05) is 25.5 Å². The molecule has 1 atom stereocenters. The topological polar surface area (TPSA) is 33.5 Å². The summed E-state index contributed by atoms with van der Waals surface area (Å²) in [5.41, 5.74) is 1.04. The zero-order valence-corrected chi connectivity index (χ0v) is 15.4. The Morgan fingerprint density at radius 3 is 3.00 bits per heavy atom. The van der Waals surface area contributed by atoms with Crippen LogP contribution >= 0.6 is 0 Å². The molecule has 2 saturated heterocycles. The van der Waals surface area contributed by atoms with Gasteiger partial charge in [0.1, 0.15) is 11.6 Å². The van der Waals surface area contributed by atoms with Gasteiger partial charge in [-0.1, -0.05) is 6.07 Å². The van der Waals surface area contributed by atoms with E-state index in [9.17, 15) is 4.39 Å². The van der Waals surface area contributed by atoms with Crippen LogP contribution in [0.15, 0.2) is 36.7 Å². The number of rotatable bonds is 3. The summed E-state index contributed by atoms with van der Waals surface area (Å²) in [6, 6.07) is 6.92. The summed E-state index contributed by atoms with van der Waals surface area (Å²) in [4.78, 5) is 9.25. The van der Waals surface area contributed by atoms with Crippen molar-refractivity contribution in [2.75, 3.05) is 44.3 Å². The van der Waals surface area contributed by atoms with Gasteiger partial charge in [-0.2, -0.15) is 0 Å². The monoisotopic (exact) mass is 358 g/mol. The van der Waals surface area contributed by atoms with Gasteiger partial charge < -0.3 is 14.2 Å². The van der Waals surface area contributed by atoms with Crippen molar-refractivity contribution in [3.05, 3.63) is 48.3 Å². The van der Waals surface area contributed by atoms with Gasteiger partial charge in [-0.05, 0) is 37.6 Å². The van der Waals surface area contributed by atoms with Crippen LogP contribution in [0.2, 0.25) is 0 Å². The van der Waals surface area contributed by atoms with Crippen molar-refractivity contribution < 1.29 is 9.13 Å². The van der Waals surface area contributed by atoms with Gasteiger partial charge >= 0.3 is 0 Å². The lowest BCUT2D eigenvalue weighted by molar-refractivity contribution is 0.00969. The minimum absolute atomic E-state index is 0.0895. The normalized spacial score (nSPS) is 24.8. The Balaban J connectivity index is 1.51. The molecule has 2 aliphatic heterocycles. The van der Waals surface area contributed by atoms with Gasteiger partial charge in [-0.15, -0.1) is 0 Å². The van der Waals surface area contributed by atoms with Gasteiger partial charge in [0.25, 0.3) is 0 Å². The Kier molecular flexibility index (Phi) is 4.96. The lowest BCUT2D eigenvalue weighted by atomic mass is 9.80. The molecule has 0 amide bonds. The van der Waals surface area contributed by atoms with E-state index in [2.05, 4.69) is 19.4 Å². The quantitative estimate of drug-likeness (QED) is 0.845. The summed E-state index contributed by atoms with van der Waals surface area (Å²) in [6.45, 7) is 6.14. The summed E-state index contributed by atoms with van der Waals surface area (Å²) in [5, 5.41) is 0. The molecule has 0 aliphatic carbocycles. The molecule has 2 aliphatic rings. The molecule has 26 heavy (non-hydrogen) atoms. The Morgan fingerprint density at radius 2 is 2.19 bits per heavy atom. The maximum atomic E-state index is 13.7.